The van der Waals surface area contributed by atoms with Crippen molar-refractivity contribution in [3.8, 4) is 0 Å². The summed E-state index contributed by atoms with van der Waals surface area (Å²) in [6.07, 6.45) is 2.03. The van der Waals surface area contributed by atoms with Crippen LogP contribution in [0.2, 0.25) is 0 Å². The van der Waals surface area contributed by atoms with Gasteiger partial charge in [-0.2, -0.15) is 0 Å². The molecule has 1 heterocycles. The van der Waals surface area contributed by atoms with Crippen molar-refractivity contribution in [2.45, 2.75) is 26.8 Å². The molecule has 0 aliphatic carbocycles. The molecule has 0 atom stereocenters. The van der Waals surface area contributed by atoms with Crippen LogP contribution in [0.4, 0.5) is 0 Å². The molecule has 0 aliphatic heterocycles. The molecular weight excluding hydrogens is 254 g/mol. The fourth-order valence-electron chi connectivity index (χ4n) is 2.02. The van der Waals surface area contributed by atoms with Gasteiger partial charge in [0.1, 0.15) is 0 Å². The van der Waals surface area contributed by atoms with Gasteiger partial charge in [-0.05, 0) is 18.1 Å². The molecule has 1 aromatic carbocycles. The SMILES string of the molecule is CC(C)CC(=O)NCCn1cnc2ccccc2c1=O. The van der Waals surface area contributed by atoms with Crippen LogP contribution in [0.5, 0.6) is 0 Å². The van der Waals surface area contributed by atoms with Gasteiger partial charge >= 0.3 is 0 Å². The van der Waals surface area contributed by atoms with Gasteiger partial charge in [0, 0.05) is 19.5 Å². The van der Waals surface area contributed by atoms with E-state index in [-0.39, 0.29) is 11.5 Å². The van der Waals surface area contributed by atoms with Crippen LogP contribution in [-0.4, -0.2) is 22.0 Å². The summed E-state index contributed by atoms with van der Waals surface area (Å²) in [6.45, 7) is 4.86. The van der Waals surface area contributed by atoms with E-state index >= 15 is 0 Å². The zero-order valence-corrected chi connectivity index (χ0v) is 11.8. The van der Waals surface area contributed by atoms with Gasteiger partial charge in [-0.3, -0.25) is 14.2 Å². The summed E-state index contributed by atoms with van der Waals surface area (Å²) < 4.78 is 1.53. The molecule has 0 aliphatic rings. The number of hydrogen-bond donors (Lipinski definition) is 1. The molecular formula is C15H19N3O2. The van der Waals surface area contributed by atoms with Crippen LogP contribution in [0.3, 0.4) is 0 Å². The molecule has 2 aromatic rings. The first-order chi connectivity index (χ1) is 9.58. The van der Waals surface area contributed by atoms with E-state index in [1.807, 2.05) is 32.0 Å². The minimum Gasteiger partial charge on any atom is -0.354 e. The van der Waals surface area contributed by atoms with E-state index in [0.29, 0.717) is 36.3 Å². The summed E-state index contributed by atoms with van der Waals surface area (Å²) in [5, 5.41) is 3.41. The molecule has 0 fully saturated rings. The Morgan fingerprint density at radius 2 is 2.10 bits per heavy atom. The van der Waals surface area contributed by atoms with Gasteiger partial charge in [-0.1, -0.05) is 26.0 Å². The molecule has 2 rings (SSSR count). The maximum atomic E-state index is 12.2. The fraction of sp³-hybridized carbons (Fsp3) is 0.400. The highest BCUT2D eigenvalue weighted by Gasteiger charge is 2.05. The van der Waals surface area contributed by atoms with Crippen LogP contribution in [0, 0.1) is 5.92 Å². The number of rotatable bonds is 5. The topological polar surface area (TPSA) is 64.0 Å². The third-order valence-electron chi connectivity index (χ3n) is 3.00. The summed E-state index contributed by atoms with van der Waals surface area (Å²) in [6, 6.07) is 7.25. The van der Waals surface area contributed by atoms with Crippen molar-refractivity contribution in [3.63, 3.8) is 0 Å². The van der Waals surface area contributed by atoms with Gasteiger partial charge < -0.3 is 5.32 Å². The first kappa shape index (κ1) is 14.2. The van der Waals surface area contributed by atoms with Gasteiger partial charge in [0.25, 0.3) is 5.56 Å². The molecule has 1 amide bonds. The van der Waals surface area contributed by atoms with Crippen LogP contribution in [0.1, 0.15) is 20.3 Å². The number of hydrogen-bond acceptors (Lipinski definition) is 3. The second-order valence-corrected chi connectivity index (χ2v) is 5.21. The molecule has 5 heteroatoms. The van der Waals surface area contributed by atoms with Gasteiger partial charge in [0.05, 0.1) is 17.2 Å². The van der Waals surface area contributed by atoms with Gasteiger partial charge in [0.15, 0.2) is 0 Å². The van der Waals surface area contributed by atoms with Crippen LogP contribution < -0.4 is 10.9 Å². The molecule has 5 nitrogen and oxygen atoms in total. The second kappa shape index (κ2) is 6.32. The average molecular weight is 273 g/mol. The number of carbonyl (C=O) groups excluding carboxylic acids is 1. The molecule has 1 aromatic heterocycles. The standard InChI is InChI=1S/C15H19N3O2/c1-11(2)9-14(19)16-7-8-18-10-17-13-6-4-3-5-12(13)15(18)20/h3-6,10-11H,7-9H2,1-2H3,(H,16,19). The lowest BCUT2D eigenvalue weighted by Crippen LogP contribution is -2.31. The number of nitrogens with zero attached hydrogens (tertiary/aromatic N) is 2. The second-order valence-electron chi connectivity index (χ2n) is 5.21. The van der Waals surface area contributed by atoms with E-state index in [2.05, 4.69) is 10.3 Å². The molecule has 0 radical (unpaired) electrons. The minimum atomic E-state index is -0.0753. The number of aromatic nitrogens is 2. The summed E-state index contributed by atoms with van der Waals surface area (Å²) >= 11 is 0. The molecule has 0 bridgehead atoms. The molecule has 0 spiro atoms. The highest BCUT2D eigenvalue weighted by Crippen LogP contribution is 2.04. The summed E-state index contributed by atoms with van der Waals surface area (Å²) in [5.74, 6) is 0.349. The van der Waals surface area contributed by atoms with Crippen LogP contribution in [-0.2, 0) is 11.3 Å². The average Bonchev–Trinajstić information content (AvgIpc) is 2.41. The van der Waals surface area contributed by atoms with Crippen LogP contribution in [0.25, 0.3) is 10.9 Å². The molecule has 1 N–H and O–H groups in total. The summed E-state index contributed by atoms with van der Waals surface area (Å²) in [5.41, 5.74) is 0.617. The highest BCUT2D eigenvalue weighted by atomic mass is 16.1. The Morgan fingerprint density at radius 1 is 1.35 bits per heavy atom. The molecule has 0 saturated heterocycles. The summed E-state index contributed by atoms with van der Waals surface area (Å²) in [4.78, 5) is 28.0. The zero-order chi connectivity index (χ0) is 14.5. The Kier molecular flexibility index (Phi) is 4.50. The Hall–Kier alpha value is -2.17. The highest BCUT2D eigenvalue weighted by molar-refractivity contribution is 5.77. The fourth-order valence-corrected chi connectivity index (χ4v) is 2.02. The minimum absolute atomic E-state index is 0.0156. The molecule has 20 heavy (non-hydrogen) atoms. The van der Waals surface area contributed by atoms with Gasteiger partial charge in [0.2, 0.25) is 5.91 Å². The lowest BCUT2D eigenvalue weighted by atomic mass is 10.1. The predicted molar refractivity (Wildman–Crippen MR) is 78.5 cm³/mol. The largest absolute Gasteiger partial charge is 0.354 e. The van der Waals surface area contributed by atoms with E-state index in [4.69, 9.17) is 0 Å². The molecule has 0 unspecified atom stereocenters. The van der Waals surface area contributed by atoms with Gasteiger partial charge in [-0.25, -0.2) is 4.98 Å². The normalized spacial score (nSPS) is 10.9. The van der Waals surface area contributed by atoms with Crippen LogP contribution >= 0.6 is 0 Å². The Bertz CT molecular complexity index is 661. The quantitative estimate of drug-likeness (QED) is 0.899. The van der Waals surface area contributed by atoms with Crippen molar-refractivity contribution in [2.24, 2.45) is 5.92 Å². The third kappa shape index (κ3) is 3.44. The number of carbonyl (C=O) groups is 1. The zero-order valence-electron chi connectivity index (χ0n) is 11.8. The van der Waals surface area contributed by atoms with Crippen molar-refractivity contribution in [1.82, 2.24) is 14.9 Å². The van der Waals surface area contributed by atoms with Crippen molar-refractivity contribution in [1.29, 1.82) is 0 Å². The van der Waals surface area contributed by atoms with Gasteiger partial charge in [-0.15, -0.1) is 0 Å². The van der Waals surface area contributed by atoms with E-state index in [9.17, 15) is 9.59 Å². The number of amides is 1. The monoisotopic (exact) mass is 273 g/mol. The lowest BCUT2D eigenvalue weighted by Gasteiger charge is -2.09. The van der Waals surface area contributed by atoms with Crippen molar-refractivity contribution < 1.29 is 4.79 Å². The Balaban J connectivity index is 2.02. The van der Waals surface area contributed by atoms with E-state index in [0.717, 1.165) is 0 Å². The Labute approximate surface area is 117 Å². The Morgan fingerprint density at radius 3 is 2.85 bits per heavy atom. The van der Waals surface area contributed by atoms with Crippen molar-refractivity contribution in [2.75, 3.05) is 6.54 Å². The maximum Gasteiger partial charge on any atom is 0.261 e. The number of benzene rings is 1. The molecule has 106 valence electrons. The first-order valence-electron chi connectivity index (χ1n) is 6.79. The first-order valence-corrected chi connectivity index (χ1v) is 6.79. The number of fused-ring (bicyclic) bond motifs is 1. The van der Waals surface area contributed by atoms with E-state index in [1.165, 1.54) is 10.9 Å². The molecule has 0 saturated carbocycles. The van der Waals surface area contributed by atoms with E-state index < -0.39 is 0 Å². The maximum absolute atomic E-state index is 12.2. The number of nitrogens with one attached hydrogen (secondary N) is 1. The smallest absolute Gasteiger partial charge is 0.261 e. The summed E-state index contributed by atoms with van der Waals surface area (Å²) in [7, 11) is 0. The van der Waals surface area contributed by atoms with E-state index in [1.54, 1.807) is 6.07 Å². The predicted octanol–water partition coefficient (Wildman–Crippen LogP) is 1.56. The number of para-hydroxylation sites is 1. The third-order valence-corrected chi connectivity index (χ3v) is 3.00. The van der Waals surface area contributed by atoms with Crippen molar-refractivity contribution in [3.05, 3.63) is 40.9 Å². The van der Waals surface area contributed by atoms with Crippen LogP contribution in [0.15, 0.2) is 35.4 Å². The lowest BCUT2D eigenvalue weighted by molar-refractivity contribution is -0.121. The van der Waals surface area contributed by atoms with Crippen molar-refractivity contribution >= 4 is 16.8 Å².